The number of hydrogen-bond donors (Lipinski definition) is 2. The first kappa shape index (κ1) is 12.0. The third kappa shape index (κ3) is 3.26. The van der Waals surface area contributed by atoms with Gasteiger partial charge in [-0.3, -0.25) is 9.78 Å². The van der Waals surface area contributed by atoms with Crippen molar-refractivity contribution in [1.29, 1.82) is 0 Å². The Morgan fingerprint density at radius 1 is 1.35 bits per heavy atom. The number of anilines is 1. The highest BCUT2D eigenvalue weighted by Gasteiger charge is 2.03. The largest absolute Gasteiger partial charge is 0.369 e. The normalized spacial score (nSPS) is 10.2. The number of pyridine rings is 1. The zero-order valence-corrected chi connectivity index (χ0v) is 11.1. The summed E-state index contributed by atoms with van der Waals surface area (Å²) in [6.45, 7) is 0.698. The molecule has 0 spiro atoms. The number of aromatic amines is 1. The van der Waals surface area contributed by atoms with Crippen LogP contribution in [0.1, 0.15) is 5.69 Å². The number of aromatic nitrogens is 3. The molecule has 0 fully saturated rings. The molecule has 0 saturated heterocycles. The van der Waals surface area contributed by atoms with Gasteiger partial charge in [-0.2, -0.15) is 0 Å². The first-order valence-electron chi connectivity index (χ1n) is 5.14. The van der Waals surface area contributed by atoms with Crippen molar-refractivity contribution in [2.24, 2.45) is 0 Å². The molecule has 0 saturated carbocycles. The van der Waals surface area contributed by atoms with E-state index in [2.05, 4.69) is 20.3 Å². The Labute approximate surface area is 112 Å². The Morgan fingerprint density at radius 3 is 3.00 bits per heavy atom. The van der Waals surface area contributed by atoms with Gasteiger partial charge in [0.05, 0.1) is 6.33 Å². The van der Waals surface area contributed by atoms with E-state index >= 15 is 0 Å². The molecule has 5 nitrogen and oxygen atoms in total. The predicted octanol–water partition coefficient (Wildman–Crippen LogP) is 1.42. The van der Waals surface area contributed by atoms with Crippen molar-refractivity contribution in [2.45, 2.75) is 6.42 Å². The van der Waals surface area contributed by atoms with Crippen LogP contribution >= 0.6 is 22.6 Å². The molecule has 0 atom stereocenters. The summed E-state index contributed by atoms with van der Waals surface area (Å²) in [5, 5.41) is 3.12. The highest BCUT2D eigenvalue weighted by atomic mass is 127. The summed E-state index contributed by atoms with van der Waals surface area (Å²) in [5.41, 5.74) is 0.890. The molecule has 0 amide bonds. The molecule has 2 rings (SSSR count). The van der Waals surface area contributed by atoms with Gasteiger partial charge < -0.3 is 10.3 Å². The molecule has 6 heteroatoms. The average molecular weight is 342 g/mol. The zero-order valence-electron chi connectivity index (χ0n) is 8.98. The van der Waals surface area contributed by atoms with Crippen molar-refractivity contribution in [2.75, 3.05) is 11.9 Å². The number of hydrogen-bond acceptors (Lipinski definition) is 4. The highest BCUT2D eigenvalue weighted by Crippen LogP contribution is 2.08. The van der Waals surface area contributed by atoms with E-state index in [1.807, 2.05) is 40.8 Å². The van der Waals surface area contributed by atoms with Crippen molar-refractivity contribution in [3.8, 4) is 0 Å². The Morgan fingerprint density at radius 2 is 2.24 bits per heavy atom. The zero-order chi connectivity index (χ0) is 12.1. The van der Waals surface area contributed by atoms with Gasteiger partial charge in [-0.05, 0) is 34.7 Å². The number of nitrogens with zero attached hydrogens (tertiary/aromatic N) is 2. The van der Waals surface area contributed by atoms with E-state index in [0.717, 1.165) is 12.1 Å². The lowest BCUT2D eigenvalue weighted by molar-refractivity contribution is 0.945. The van der Waals surface area contributed by atoms with Crippen LogP contribution in [0.3, 0.4) is 0 Å². The summed E-state index contributed by atoms with van der Waals surface area (Å²) in [5.74, 6) is 0.616. The van der Waals surface area contributed by atoms with E-state index < -0.39 is 0 Å². The smallest absolute Gasteiger partial charge is 0.266 e. The second-order valence-electron chi connectivity index (χ2n) is 3.39. The van der Waals surface area contributed by atoms with Crippen LogP contribution in [0.4, 0.5) is 5.82 Å². The van der Waals surface area contributed by atoms with Gasteiger partial charge in [-0.25, -0.2) is 4.98 Å². The fraction of sp³-hybridized carbons (Fsp3) is 0.182. The number of H-pyrrole nitrogens is 1. The maximum atomic E-state index is 11.3. The van der Waals surface area contributed by atoms with Gasteiger partial charge in [0.15, 0.2) is 0 Å². The van der Waals surface area contributed by atoms with E-state index in [9.17, 15) is 4.79 Å². The van der Waals surface area contributed by atoms with Crippen LogP contribution in [0, 0.1) is 3.57 Å². The van der Waals surface area contributed by atoms with Crippen LogP contribution in [-0.2, 0) is 6.42 Å². The van der Waals surface area contributed by atoms with E-state index in [0.29, 0.717) is 15.9 Å². The average Bonchev–Trinajstić information content (AvgIpc) is 2.36. The van der Waals surface area contributed by atoms with Gasteiger partial charge in [-0.1, -0.05) is 6.07 Å². The summed E-state index contributed by atoms with van der Waals surface area (Å²) >= 11 is 1.97. The maximum Gasteiger partial charge on any atom is 0.266 e. The Balaban J connectivity index is 1.95. The molecular formula is C11H11IN4O. The lowest BCUT2D eigenvalue weighted by Crippen LogP contribution is -2.16. The van der Waals surface area contributed by atoms with Gasteiger partial charge in [-0.15, -0.1) is 0 Å². The summed E-state index contributed by atoms with van der Waals surface area (Å²) in [4.78, 5) is 22.1. The minimum absolute atomic E-state index is 0.124. The first-order chi connectivity index (χ1) is 8.27. The number of halogens is 1. The molecule has 2 aromatic heterocycles. The lowest BCUT2D eigenvalue weighted by atomic mass is 10.3. The predicted molar refractivity (Wildman–Crippen MR) is 74.0 cm³/mol. The third-order valence-corrected chi connectivity index (χ3v) is 3.20. The van der Waals surface area contributed by atoms with Crippen LogP contribution in [0.2, 0.25) is 0 Å². The molecule has 0 bridgehead atoms. The van der Waals surface area contributed by atoms with Gasteiger partial charge >= 0.3 is 0 Å². The van der Waals surface area contributed by atoms with Crippen LogP contribution in [-0.4, -0.2) is 21.5 Å². The van der Waals surface area contributed by atoms with Gasteiger partial charge in [0.1, 0.15) is 9.39 Å². The molecule has 2 N–H and O–H groups in total. The third-order valence-electron chi connectivity index (χ3n) is 2.20. The molecule has 0 aliphatic heterocycles. The first-order valence-corrected chi connectivity index (χ1v) is 6.22. The van der Waals surface area contributed by atoms with Gasteiger partial charge in [0, 0.05) is 24.9 Å². The fourth-order valence-corrected chi connectivity index (χ4v) is 1.85. The molecule has 0 unspecified atom stereocenters. The van der Waals surface area contributed by atoms with E-state index in [1.54, 1.807) is 6.20 Å². The van der Waals surface area contributed by atoms with Crippen molar-refractivity contribution in [3.05, 3.63) is 50.3 Å². The highest BCUT2D eigenvalue weighted by molar-refractivity contribution is 14.1. The van der Waals surface area contributed by atoms with Gasteiger partial charge in [0.2, 0.25) is 0 Å². The molecule has 88 valence electrons. The maximum absolute atomic E-state index is 11.3. The SMILES string of the molecule is O=c1[nH]cnc(NCCc2ccccn2)c1I. The summed E-state index contributed by atoms with van der Waals surface area (Å²) in [6, 6.07) is 5.81. The Hall–Kier alpha value is -1.44. The van der Waals surface area contributed by atoms with Crippen molar-refractivity contribution < 1.29 is 0 Å². The Kier molecular flexibility index (Phi) is 4.08. The van der Waals surface area contributed by atoms with Crippen LogP contribution in [0.5, 0.6) is 0 Å². The van der Waals surface area contributed by atoms with E-state index in [-0.39, 0.29) is 5.56 Å². The molecule has 0 aliphatic rings. The van der Waals surface area contributed by atoms with Crippen LogP contribution in [0.15, 0.2) is 35.5 Å². The summed E-state index contributed by atoms with van der Waals surface area (Å²) < 4.78 is 0.575. The van der Waals surface area contributed by atoms with Crippen LogP contribution in [0.25, 0.3) is 0 Å². The fourth-order valence-electron chi connectivity index (χ4n) is 1.36. The van der Waals surface area contributed by atoms with Crippen molar-refractivity contribution in [3.63, 3.8) is 0 Å². The lowest BCUT2D eigenvalue weighted by Gasteiger charge is -2.05. The van der Waals surface area contributed by atoms with E-state index in [4.69, 9.17) is 0 Å². The molecule has 0 radical (unpaired) electrons. The molecule has 17 heavy (non-hydrogen) atoms. The standard InChI is InChI=1S/C11H11IN4O/c12-9-10(15-7-16-11(9)17)14-6-4-8-3-1-2-5-13-8/h1-3,5,7H,4,6H2,(H2,14,15,16,17). The van der Waals surface area contributed by atoms with Crippen molar-refractivity contribution in [1.82, 2.24) is 15.0 Å². The molecule has 2 aromatic rings. The minimum Gasteiger partial charge on any atom is -0.369 e. The van der Waals surface area contributed by atoms with E-state index in [1.165, 1.54) is 6.33 Å². The molecule has 0 aliphatic carbocycles. The second-order valence-corrected chi connectivity index (χ2v) is 4.47. The summed E-state index contributed by atoms with van der Waals surface area (Å²) in [6.07, 6.45) is 3.96. The Bertz CT molecular complexity index is 541. The molecule has 2 heterocycles. The molecular weight excluding hydrogens is 331 g/mol. The van der Waals surface area contributed by atoms with Crippen LogP contribution < -0.4 is 10.9 Å². The minimum atomic E-state index is -0.124. The number of nitrogens with one attached hydrogen (secondary N) is 2. The molecule has 0 aromatic carbocycles. The monoisotopic (exact) mass is 342 g/mol. The van der Waals surface area contributed by atoms with Gasteiger partial charge in [0.25, 0.3) is 5.56 Å². The summed E-state index contributed by atoms with van der Waals surface area (Å²) in [7, 11) is 0. The van der Waals surface area contributed by atoms with Crippen molar-refractivity contribution >= 4 is 28.4 Å². The number of rotatable bonds is 4. The topological polar surface area (TPSA) is 70.7 Å². The second kappa shape index (κ2) is 5.76. The quantitative estimate of drug-likeness (QED) is 0.825.